The van der Waals surface area contributed by atoms with E-state index in [1.807, 2.05) is 0 Å². The molecule has 0 bridgehead atoms. The summed E-state index contributed by atoms with van der Waals surface area (Å²) in [5.74, 6) is -2.39. The van der Waals surface area contributed by atoms with Crippen molar-refractivity contribution in [2.45, 2.75) is 11.8 Å². The van der Waals surface area contributed by atoms with Crippen LogP contribution in [0.5, 0.6) is 0 Å². The van der Waals surface area contributed by atoms with E-state index in [0.717, 1.165) is 19.2 Å². The molecule has 0 amide bonds. The van der Waals surface area contributed by atoms with Gasteiger partial charge in [-0.1, -0.05) is 0 Å². The zero-order valence-corrected chi connectivity index (χ0v) is 10.3. The van der Waals surface area contributed by atoms with Gasteiger partial charge in [0, 0.05) is 0 Å². The van der Waals surface area contributed by atoms with Crippen LogP contribution >= 0.6 is 0 Å². The van der Waals surface area contributed by atoms with Crippen molar-refractivity contribution in [3.8, 4) is 0 Å². The fraction of sp³-hybridized carbons (Fsp3) is 0.200. The Balaban J connectivity index is 0.00000324. The zero-order valence-electron chi connectivity index (χ0n) is 9.50. The van der Waals surface area contributed by atoms with Crippen molar-refractivity contribution < 1.29 is 32.4 Å². The number of aromatic carboxylic acids is 1. The molecule has 0 spiro atoms. The van der Waals surface area contributed by atoms with Crippen LogP contribution in [0.15, 0.2) is 17.0 Å². The van der Waals surface area contributed by atoms with Crippen molar-refractivity contribution in [1.82, 2.24) is 0 Å². The molecule has 7 nitrogen and oxygen atoms in total. The van der Waals surface area contributed by atoms with E-state index < -0.39 is 32.5 Å². The van der Waals surface area contributed by atoms with E-state index in [9.17, 15) is 18.0 Å². The fourth-order valence-corrected chi connectivity index (χ4v) is 2.05. The molecule has 0 saturated carbocycles. The number of ether oxygens (including phenoxy) is 1. The van der Waals surface area contributed by atoms with Gasteiger partial charge in [-0.25, -0.2) is 9.59 Å². The molecule has 100 valence electrons. The molecule has 0 fully saturated rings. The summed E-state index contributed by atoms with van der Waals surface area (Å²) in [4.78, 5) is 21.8. The van der Waals surface area contributed by atoms with E-state index in [1.165, 1.54) is 6.92 Å². The third kappa shape index (κ3) is 4.02. The Labute approximate surface area is 131 Å². The predicted octanol–water partition coefficient (Wildman–Crippen LogP) is 0.0780. The monoisotopic (exact) mass is 298 g/mol. The number of carbonyl (C=O) groups is 2. The predicted molar refractivity (Wildman–Crippen MR) is 66.4 cm³/mol. The molecule has 0 heterocycles. The van der Waals surface area contributed by atoms with Gasteiger partial charge in [0.1, 0.15) is 0 Å². The van der Waals surface area contributed by atoms with Crippen LogP contribution in [0.1, 0.15) is 26.3 Å². The average Bonchev–Trinajstić information content (AvgIpc) is 2.25. The molecule has 0 atom stereocenters. The van der Waals surface area contributed by atoms with Gasteiger partial charge in [0.25, 0.3) is 10.1 Å². The molecular weight excluding hydrogens is 287 g/mol. The minimum atomic E-state index is -4.53. The Bertz CT molecular complexity index is 621. The maximum absolute atomic E-state index is 11.4. The topological polar surface area (TPSA) is 118 Å². The Hall–Kier alpha value is -0.930. The van der Waals surface area contributed by atoms with Gasteiger partial charge in [-0.2, -0.15) is 8.42 Å². The average molecular weight is 298 g/mol. The summed E-state index contributed by atoms with van der Waals surface area (Å²) in [5, 5.41) is 8.96. The molecule has 0 aliphatic carbocycles. The standard InChI is InChI=1S/C10H10O7S.Na.H/c1-5-3-6(18(14,15)16)4-7(10(13)17-2)8(5)9(11)12;;/h3-4H,1-2H3,(H,11,12)(H,14,15,16);;. The Kier molecular flexibility index (Phi) is 6.17. The Morgan fingerprint density at radius 1 is 1.26 bits per heavy atom. The van der Waals surface area contributed by atoms with Crippen molar-refractivity contribution in [3.05, 3.63) is 28.8 Å². The maximum atomic E-state index is 11.4. The Morgan fingerprint density at radius 3 is 2.16 bits per heavy atom. The zero-order chi connectivity index (χ0) is 14.1. The number of rotatable bonds is 3. The second kappa shape index (κ2) is 6.49. The molecule has 1 aromatic carbocycles. The van der Waals surface area contributed by atoms with Crippen LogP contribution in [-0.4, -0.2) is 66.7 Å². The van der Waals surface area contributed by atoms with Crippen LogP contribution in [0.25, 0.3) is 0 Å². The van der Waals surface area contributed by atoms with Crippen LogP contribution in [0.2, 0.25) is 0 Å². The first kappa shape index (κ1) is 18.1. The van der Waals surface area contributed by atoms with Crippen molar-refractivity contribution in [1.29, 1.82) is 0 Å². The van der Waals surface area contributed by atoms with Gasteiger partial charge < -0.3 is 9.84 Å². The number of hydrogen-bond donors (Lipinski definition) is 2. The molecule has 0 unspecified atom stereocenters. The number of carboxylic acid groups (broad SMARTS) is 1. The molecule has 9 heteroatoms. The molecule has 0 saturated heterocycles. The second-order valence-corrected chi connectivity index (χ2v) is 4.86. The van der Waals surface area contributed by atoms with Gasteiger partial charge in [0.05, 0.1) is 23.1 Å². The number of aryl methyl sites for hydroxylation is 1. The minimum absolute atomic E-state index is 0. The summed E-state index contributed by atoms with van der Waals surface area (Å²) in [6.07, 6.45) is 0. The first-order chi connectivity index (χ1) is 8.18. The number of methoxy groups -OCH3 is 1. The molecule has 1 aromatic rings. The molecular formula is C10H11NaO7S. The quantitative estimate of drug-likeness (QED) is 0.461. The van der Waals surface area contributed by atoms with Crippen LogP contribution < -0.4 is 0 Å². The summed E-state index contributed by atoms with van der Waals surface area (Å²) < 4.78 is 35.2. The molecule has 0 aromatic heterocycles. The van der Waals surface area contributed by atoms with Crippen molar-refractivity contribution in [3.63, 3.8) is 0 Å². The first-order valence-electron chi connectivity index (χ1n) is 4.62. The second-order valence-electron chi connectivity index (χ2n) is 3.43. The van der Waals surface area contributed by atoms with E-state index in [0.29, 0.717) is 0 Å². The number of hydrogen-bond acceptors (Lipinski definition) is 5. The van der Waals surface area contributed by atoms with Crippen LogP contribution in [0.4, 0.5) is 0 Å². The molecule has 19 heavy (non-hydrogen) atoms. The number of benzene rings is 1. The number of carboxylic acids is 1. The van der Waals surface area contributed by atoms with E-state index in [4.69, 9.17) is 9.66 Å². The summed E-state index contributed by atoms with van der Waals surface area (Å²) in [6, 6.07) is 1.73. The molecule has 2 N–H and O–H groups in total. The van der Waals surface area contributed by atoms with Crippen molar-refractivity contribution in [2.24, 2.45) is 0 Å². The van der Waals surface area contributed by atoms with Gasteiger partial charge in [0.15, 0.2) is 0 Å². The molecule has 0 radical (unpaired) electrons. The molecule has 0 aliphatic rings. The van der Waals surface area contributed by atoms with E-state index >= 15 is 0 Å². The van der Waals surface area contributed by atoms with E-state index in [-0.39, 0.29) is 40.7 Å². The van der Waals surface area contributed by atoms with Gasteiger partial charge in [-0.15, -0.1) is 0 Å². The summed E-state index contributed by atoms with van der Waals surface area (Å²) >= 11 is 0. The third-order valence-electron chi connectivity index (χ3n) is 2.23. The van der Waals surface area contributed by atoms with Gasteiger partial charge in [0.2, 0.25) is 0 Å². The number of esters is 1. The van der Waals surface area contributed by atoms with Crippen molar-refractivity contribution >= 4 is 51.6 Å². The first-order valence-corrected chi connectivity index (χ1v) is 6.06. The summed E-state index contributed by atoms with van der Waals surface area (Å²) in [5.41, 5.74) is -0.773. The Morgan fingerprint density at radius 2 is 1.79 bits per heavy atom. The van der Waals surface area contributed by atoms with E-state index in [1.54, 1.807) is 0 Å². The fourth-order valence-electron chi connectivity index (χ4n) is 1.46. The van der Waals surface area contributed by atoms with Crippen molar-refractivity contribution in [2.75, 3.05) is 7.11 Å². The van der Waals surface area contributed by atoms with Crippen LogP contribution in [0, 0.1) is 6.92 Å². The van der Waals surface area contributed by atoms with E-state index in [2.05, 4.69) is 4.74 Å². The summed E-state index contributed by atoms with van der Waals surface area (Å²) in [7, 11) is -3.50. The normalized spacial score (nSPS) is 10.5. The van der Waals surface area contributed by atoms with Gasteiger partial charge in [-0.05, 0) is 24.6 Å². The molecule has 1 rings (SSSR count). The molecule has 0 aliphatic heterocycles. The van der Waals surface area contributed by atoms with Gasteiger partial charge >= 0.3 is 41.5 Å². The summed E-state index contributed by atoms with van der Waals surface area (Å²) in [6.45, 7) is 1.31. The third-order valence-corrected chi connectivity index (χ3v) is 3.06. The van der Waals surface area contributed by atoms with Crippen LogP contribution in [-0.2, 0) is 14.9 Å². The van der Waals surface area contributed by atoms with Crippen LogP contribution in [0.3, 0.4) is 0 Å². The number of carbonyl (C=O) groups excluding carboxylic acids is 1. The van der Waals surface area contributed by atoms with Gasteiger partial charge in [-0.3, -0.25) is 4.55 Å². The SMILES string of the molecule is COC(=O)c1cc(S(=O)(=O)O)cc(C)c1C(=O)O.[NaH].